The van der Waals surface area contributed by atoms with E-state index < -0.39 is 10.0 Å². The molecule has 0 radical (unpaired) electrons. The third-order valence-electron chi connectivity index (χ3n) is 4.64. The first-order valence-corrected chi connectivity index (χ1v) is 12.5. The number of Topliss-reactive ketones (excluding diaryl/α,β-unsaturated/α-hetero) is 1. The SMILES string of the molecule is CC(=O)SCC(=O)c1ccc(NS(=O)(=O)c2ccc(OCCN3CCOCC3)cc2)nc1. The lowest BCUT2D eigenvalue weighted by Gasteiger charge is -2.26. The van der Waals surface area contributed by atoms with E-state index in [1.807, 2.05) is 0 Å². The first kappa shape index (κ1) is 24.2. The van der Waals surface area contributed by atoms with E-state index in [4.69, 9.17) is 9.47 Å². The third kappa shape index (κ3) is 7.30. The third-order valence-corrected chi connectivity index (χ3v) is 6.83. The molecular formula is C21H25N3O6S2. The number of nitrogens with zero attached hydrogens (tertiary/aromatic N) is 2. The van der Waals surface area contributed by atoms with Crippen molar-refractivity contribution < 1.29 is 27.5 Å². The molecular weight excluding hydrogens is 454 g/mol. The van der Waals surface area contributed by atoms with Crippen LogP contribution in [0.1, 0.15) is 17.3 Å². The largest absolute Gasteiger partial charge is 0.492 e. The fraction of sp³-hybridized carbons (Fsp3) is 0.381. The summed E-state index contributed by atoms with van der Waals surface area (Å²) in [5.74, 6) is 0.438. The number of ketones is 1. The Morgan fingerprint density at radius 1 is 1.16 bits per heavy atom. The average Bonchev–Trinajstić information content (AvgIpc) is 2.79. The predicted molar refractivity (Wildman–Crippen MR) is 122 cm³/mol. The molecule has 3 rings (SSSR count). The molecule has 11 heteroatoms. The number of anilines is 1. The van der Waals surface area contributed by atoms with Crippen LogP contribution in [-0.2, 0) is 19.6 Å². The topological polar surface area (TPSA) is 115 Å². The van der Waals surface area contributed by atoms with E-state index >= 15 is 0 Å². The molecule has 1 aromatic carbocycles. The predicted octanol–water partition coefficient (Wildman–Crippen LogP) is 2.06. The highest BCUT2D eigenvalue weighted by Crippen LogP contribution is 2.19. The van der Waals surface area contributed by atoms with Gasteiger partial charge >= 0.3 is 0 Å². The van der Waals surface area contributed by atoms with Crippen molar-refractivity contribution in [1.29, 1.82) is 0 Å². The van der Waals surface area contributed by atoms with Gasteiger partial charge in [-0.1, -0.05) is 11.8 Å². The second kappa shape index (κ2) is 11.4. The van der Waals surface area contributed by atoms with Crippen LogP contribution in [0.5, 0.6) is 5.75 Å². The van der Waals surface area contributed by atoms with Crippen molar-refractivity contribution in [3.8, 4) is 5.75 Å². The Bertz CT molecular complexity index is 1020. The fourth-order valence-electron chi connectivity index (χ4n) is 2.90. The second-order valence-electron chi connectivity index (χ2n) is 7.01. The minimum absolute atomic E-state index is 0.0168. The summed E-state index contributed by atoms with van der Waals surface area (Å²) in [7, 11) is -3.85. The van der Waals surface area contributed by atoms with Crippen molar-refractivity contribution in [2.75, 3.05) is 49.9 Å². The van der Waals surface area contributed by atoms with E-state index in [2.05, 4.69) is 14.6 Å². The Morgan fingerprint density at radius 2 is 1.88 bits per heavy atom. The smallest absolute Gasteiger partial charge is 0.263 e. The number of hydrogen-bond donors (Lipinski definition) is 1. The van der Waals surface area contributed by atoms with Crippen molar-refractivity contribution >= 4 is 38.5 Å². The minimum Gasteiger partial charge on any atom is -0.492 e. The zero-order valence-corrected chi connectivity index (χ0v) is 19.3. The van der Waals surface area contributed by atoms with Crippen molar-refractivity contribution in [1.82, 2.24) is 9.88 Å². The Labute approximate surface area is 191 Å². The number of hydrogen-bond acceptors (Lipinski definition) is 9. The van der Waals surface area contributed by atoms with Crippen LogP contribution in [0.3, 0.4) is 0 Å². The molecule has 0 amide bonds. The van der Waals surface area contributed by atoms with Crippen LogP contribution < -0.4 is 9.46 Å². The number of sulfonamides is 1. The quantitative estimate of drug-likeness (QED) is 0.511. The number of carbonyl (C=O) groups is 2. The van der Waals surface area contributed by atoms with Gasteiger partial charge in [-0.3, -0.25) is 19.2 Å². The van der Waals surface area contributed by atoms with Gasteiger partial charge in [0.2, 0.25) is 0 Å². The van der Waals surface area contributed by atoms with Gasteiger partial charge in [-0.25, -0.2) is 13.4 Å². The van der Waals surface area contributed by atoms with Crippen molar-refractivity contribution in [3.63, 3.8) is 0 Å². The highest BCUT2D eigenvalue weighted by atomic mass is 32.2. The normalized spacial score (nSPS) is 14.7. The highest BCUT2D eigenvalue weighted by Gasteiger charge is 2.16. The van der Waals surface area contributed by atoms with Crippen LogP contribution in [-0.4, -0.2) is 74.4 Å². The lowest BCUT2D eigenvalue weighted by molar-refractivity contribution is -0.109. The molecule has 0 spiro atoms. The molecule has 1 aromatic heterocycles. The summed E-state index contributed by atoms with van der Waals surface area (Å²) in [4.78, 5) is 29.3. The summed E-state index contributed by atoms with van der Waals surface area (Å²) in [6.07, 6.45) is 1.28. The highest BCUT2D eigenvalue weighted by molar-refractivity contribution is 8.14. The first-order chi connectivity index (χ1) is 15.3. The number of benzene rings is 1. The fourth-order valence-corrected chi connectivity index (χ4v) is 4.41. The Kier molecular flexibility index (Phi) is 8.62. The van der Waals surface area contributed by atoms with Gasteiger partial charge < -0.3 is 9.47 Å². The summed E-state index contributed by atoms with van der Waals surface area (Å²) in [6, 6.07) is 9.02. The molecule has 1 saturated heterocycles. The molecule has 172 valence electrons. The maximum atomic E-state index is 12.6. The molecule has 2 heterocycles. The number of morpholine rings is 1. The van der Waals surface area contributed by atoms with E-state index in [0.29, 0.717) is 17.9 Å². The van der Waals surface area contributed by atoms with Crippen LogP contribution in [0.15, 0.2) is 47.5 Å². The summed E-state index contributed by atoms with van der Waals surface area (Å²) in [6.45, 7) is 5.89. The van der Waals surface area contributed by atoms with Gasteiger partial charge in [0.05, 0.1) is 23.9 Å². The lowest BCUT2D eigenvalue weighted by atomic mass is 10.2. The van der Waals surface area contributed by atoms with Crippen LogP contribution in [0.25, 0.3) is 0 Å². The zero-order valence-electron chi connectivity index (χ0n) is 17.7. The van der Waals surface area contributed by atoms with E-state index in [0.717, 1.165) is 44.6 Å². The standard InChI is InChI=1S/C21H25N3O6S2/c1-16(25)31-15-20(26)17-2-7-21(22-14-17)23-32(27,28)19-5-3-18(4-6-19)30-13-10-24-8-11-29-12-9-24/h2-7,14H,8-13,15H2,1H3,(H,22,23). The summed E-state index contributed by atoms with van der Waals surface area (Å²) < 4.78 is 38.6. The molecule has 0 saturated carbocycles. The van der Waals surface area contributed by atoms with E-state index in [1.165, 1.54) is 37.4 Å². The van der Waals surface area contributed by atoms with Gasteiger partial charge in [0.25, 0.3) is 10.0 Å². The summed E-state index contributed by atoms with van der Waals surface area (Å²) in [5, 5.41) is -0.149. The number of rotatable bonds is 10. The maximum absolute atomic E-state index is 12.6. The van der Waals surface area contributed by atoms with Gasteiger partial charge in [-0.05, 0) is 36.4 Å². The van der Waals surface area contributed by atoms with Crippen LogP contribution in [0.2, 0.25) is 0 Å². The van der Waals surface area contributed by atoms with Gasteiger partial charge in [-0.15, -0.1) is 0 Å². The molecule has 2 aromatic rings. The monoisotopic (exact) mass is 479 g/mol. The van der Waals surface area contributed by atoms with Crippen molar-refractivity contribution in [2.24, 2.45) is 0 Å². The number of ether oxygens (including phenoxy) is 2. The molecule has 0 bridgehead atoms. The molecule has 1 fully saturated rings. The molecule has 1 aliphatic rings. The number of carbonyl (C=O) groups excluding carboxylic acids is 2. The summed E-state index contributed by atoms with van der Waals surface area (Å²) >= 11 is 0.913. The van der Waals surface area contributed by atoms with Crippen molar-refractivity contribution in [3.05, 3.63) is 48.2 Å². The van der Waals surface area contributed by atoms with E-state index in [1.54, 1.807) is 12.1 Å². The number of aromatic nitrogens is 1. The van der Waals surface area contributed by atoms with E-state index in [-0.39, 0.29) is 27.4 Å². The van der Waals surface area contributed by atoms with Gasteiger partial charge in [0.1, 0.15) is 18.2 Å². The molecule has 1 N–H and O–H groups in total. The number of pyridine rings is 1. The molecule has 0 aliphatic carbocycles. The maximum Gasteiger partial charge on any atom is 0.263 e. The Morgan fingerprint density at radius 3 is 2.50 bits per heavy atom. The van der Waals surface area contributed by atoms with E-state index in [9.17, 15) is 18.0 Å². The van der Waals surface area contributed by atoms with Gasteiger partial charge in [-0.2, -0.15) is 0 Å². The second-order valence-corrected chi connectivity index (χ2v) is 9.85. The van der Waals surface area contributed by atoms with Crippen LogP contribution >= 0.6 is 11.8 Å². The minimum atomic E-state index is -3.85. The number of thioether (sulfide) groups is 1. The molecule has 9 nitrogen and oxygen atoms in total. The average molecular weight is 480 g/mol. The molecule has 0 unspecified atom stereocenters. The zero-order chi connectivity index (χ0) is 23.0. The first-order valence-electron chi connectivity index (χ1n) is 10.0. The molecule has 1 aliphatic heterocycles. The van der Waals surface area contributed by atoms with Gasteiger partial charge in [0, 0.05) is 38.3 Å². The Balaban J connectivity index is 1.53. The van der Waals surface area contributed by atoms with Gasteiger partial charge in [0.15, 0.2) is 10.9 Å². The molecule has 32 heavy (non-hydrogen) atoms. The van der Waals surface area contributed by atoms with Crippen LogP contribution in [0.4, 0.5) is 5.82 Å². The van der Waals surface area contributed by atoms with Crippen LogP contribution in [0, 0.1) is 0 Å². The molecule has 0 atom stereocenters. The number of nitrogens with one attached hydrogen (secondary N) is 1. The van der Waals surface area contributed by atoms with Crippen molar-refractivity contribution in [2.45, 2.75) is 11.8 Å². The summed E-state index contributed by atoms with van der Waals surface area (Å²) in [5.41, 5.74) is 0.306. The lowest BCUT2D eigenvalue weighted by Crippen LogP contribution is -2.38. The Hall–Kier alpha value is -2.47.